The van der Waals surface area contributed by atoms with Gasteiger partial charge in [-0.05, 0) is 24.7 Å². The van der Waals surface area contributed by atoms with Crippen LogP contribution in [-0.4, -0.2) is 40.1 Å². The molecule has 4 aromatic rings. The van der Waals surface area contributed by atoms with Crippen LogP contribution in [0.5, 0.6) is 0 Å². The van der Waals surface area contributed by atoms with Crippen molar-refractivity contribution >= 4 is 28.4 Å². The molecule has 152 valence electrons. The van der Waals surface area contributed by atoms with Crippen molar-refractivity contribution in [1.29, 1.82) is 5.26 Å². The Labute approximate surface area is 176 Å². The maximum absolute atomic E-state index is 13.2. The Balaban J connectivity index is 1.64. The van der Waals surface area contributed by atoms with E-state index in [-0.39, 0.29) is 5.56 Å². The molecule has 1 aliphatic carbocycles. The summed E-state index contributed by atoms with van der Waals surface area (Å²) >= 11 is 1.45. The number of aromatic amines is 1. The molecule has 4 heterocycles. The minimum absolute atomic E-state index is 0.287. The molecular formula is C20H20N8OS. The number of aromatic nitrogens is 7. The van der Waals surface area contributed by atoms with Crippen molar-refractivity contribution in [3.63, 3.8) is 0 Å². The van der Waals surface area contributed by atoms with Gasteiger partial charge in [-0.15, -0.1) is 16.9 Å². The number of nitrogens with one attached hydrogen (secondary N) is 1. The molecule has 0 atom stereocenters. The Hall–Kier alpha value is -3.19. The van der Waals surface area contributed by atoms with Gasteiger partial charge in [-0.1, -0.05) is 26.2 Å². The highest BCUT2D eigenvalue weighted by Gasteiger charge is 2.22. The molecule has 10 heteroatoms. The summed E-state index contributed by atoms with van der Waals surface area (Å²) in [6.07, 6.45) is 9.02. The minimum Gasteiger partial charge on any atom is -0.268 e. The van der Waals surface area contributed by atoms with E-state index in [0.29, 0.717) is 39.0 Å². The first-order valence-electron chi connectivity index (χ1n) is 10.1. The summed E-state index contributed by atoms with van der Waals surface area (Å²) in [4.78, 5) is 22.2. The Morgan fingerprint density at radius 3 is 2.93 bits per heavy atom. The topological polar surface area (TPSA) is 118 Å². The maximum Gasteiger partial charge on any atom is 0.267 e. The molecule has 0 aromatic carbocycles. The van der Waals surface area contributed by atoms with Crippen LogP contribution >= 0.6 is 11.8 Å². The lowest BCUT2D eigenvalue weighted by molar-refractivity contribution is 0.429. The molecule has 1 N–H and O–H groups in total. The maximum atomic E-state index is 13.2. The quantitative estimate of drug-likeness (QED) is 0.504. The van der Waals surface area contributed by atoms with Gasteiger partial charge in [0.05, 0.1) is 10.9 Å². The summed E-state index contributed by atoms with van der Waals surface area (Å²) in [6, 6.07) is 3.96. The first-order chi connectivity index (χ1) is 14.7. The number of H-pyrrole nitrogens is 1. The smallest absolute Gasteiger partial charge is 0.267 e. The highest BCUT2D eigenvalue weighted by molar-refractivity contribution is 7.99. The van der Waals surface area contributed by atoms with Gasteiger partial charge in [0.1, 0.15) is 16.7 Å². The summed E-state index contributed by atoms with van der Waals surface area (Å²) in [5.74, 6) is 2.81. The zero-order valence-corrected chi connectivity index (χ0v) is 17.3. The van der Waals surface area contributed by atoms with Gasteiger partial charge in [0.25, 0.3) is 11.3 Å². The molecule has 0 bridgehead atoms. The van der Waals surface area contributed by atoms with E-state index >= 15 is 0 Å². The van der Waals surface area contributed by atoms with Crippen LogP contribution in [0.4, 0.5) is 0 Å². The largest absolute Gasteiger partial charge is 0.268 e. The van der Waals surface area contributed by atoms with E-state index < -0.39 is 0 Å². The number of nitriles is 1. The SMILES string of the molecule is CCSc1n[nH]c(-n2ccc3c(cnc4nc(C5CCCCC5)nn43)c2=O)c1C#N. The highest BCUT2D eigenvalue weighted by atomic mass is 32.2. The van der Waals surface area contributed by atoms with Gasteiger partial charge in [0, 0.05) is 18.3 Å². The molecule has 9 nitrogen and oxygen atoms in total. The first-order valence-corrected chi connectivity index (χ1v) is 11.1. The standard InChI is InChI=1S/C20H20N8OS/c1-2-30-18-13(10-21)17(24-25-18)27-9-8-15-14(19(27)29)11-22-20-23-16(26-28(15)20)12-6-4-3-5-7-12/h8-9,11-12H,2-7H2,1H3,(H,24,25). The van der Waals surface area contributed by atoms with Gasteiger partial charge in [0.15, 0.2) is 11.6 Å². The van der Waals surface area contributed by atoms with Crippen molar-refractivity contribution in [2.45, 2.75) is 50.0 Å². The van der Waals surface area contributed by atoms with Crippen LogP contribution in [-0.2, 0) is 0 Å². The van der Waals surface area contributed by atoms with Crippen molar-refractivity contribution in [3.8, 4) is 11.9 Å². The lowest BCUT2D eigenvalue weighted by atomic mass is 9.89. The van der Waals surface area contributed by atoms with Crippen molar-refractivity contribution in [2.75, 3.05) is 5.75 Å². The molecule has 5 rings (SSSR count). The van der Waals surface area contributed by atoms with Crippen LogP contribution < -0.4 is 5.56 Å². The molecule has 1 fully saturated rings. The predicted molar refractivity (Wildman–Crippen MR) is 113 cm³/mol. The van der Waals surface area contributed by atoms with Gasteiger partial charge in [-0.25, -0.2) is 4.98 Å². The lowest BCUT2D eigenvalue weighted by Crippen LogP contribution is -2.20. The Bertz CT molecular complexity index is 1340. The predicted octanol–water partition coefficient (Wildman–Crippen LogP) is 3.18. The summed E-state index contributed by atoms with van der Waals surface area (Å²) in [6.45, 7) is 1.99. The first kappa shape index (κ1) is 18.8. The Morgan fingerprint density at radius 1 is 1.33 bits per heavy atom. The highest BCUT2D eigenvalue weighted by Crippen LogP contribution is 2.31. The van der Waals surface area contributed by atoms with E-state index in [1.165, 1.54) is 41.8 Å². The molecule has 1 aliphatic rings. The van der Waals surface area contributed by atoms with Crippen LogP contribution in [0.15, 0.2) is 28.3 Å². The molecule has 0 radical (unpaired) electrons. The molecule has 0 amide bonds. The molecule has 4 aromatic heterocycles. The number of fused-ring (bicyclic) bond motifs is 3. The number of hydrogen-bond acceptors (Lipinski definition) is 7. The third-order valence-electron chi connectivity index (χ3n) is 5.57. The van der Waals surface area contributed by atoms with Crippen LogP contribution in [0, 0.1) is 11.3 Å². The minimum atomic E-state index is -0.287. The number of pyridine rings is 1. The van der Waals surface area contributed by atoms with Gasteiger partial charge >= 0.3 is 0 Å². The van der Waals surface area contributed by atoms with E-state index in [2.05, 4.69) is 31.3 Å². The Morgan fingerprint density at radius 2 is 2.17 bits per heavy atom. The molecule has 30 heavy (non-hydrogen) atoms. The van der Waals surface area contributed by atoms with E-state index in [0.717, 1.165) is 24.4 Å². The second-order valence-electron chi connectivity index (χ2n) is 7.36. The molecule has 0 unspecified atom stereocenters. The monoisotopic (exact) mass is 420 g/mol. The van der Waals surface area contributed by atoms with Crippen molar-refractivity contribution in [2.24, 2.45) is 0 Å². The summed E-state index contributed by atoms with van der Waals surface area (Å²) in [5, 5.41) is 22.3. The normalized spacial score (nSPS) is 15.1. The molecule has 0 aliphatic heterocycles. The van der Waals surface area contributed by atoms with Crippen molar-refractivity contribution in [1.82, 2.24) is 34.3 Å². The zero-order valence-electron chi connectivity index (χ0n) is 16.5. The van der Waals surface area contributed by atoms with E-state index in [1.54, 1.807) is 16.8 Å². The van der Waals surface area contributed by atoms with Crippen LogP contribution in [0.3, 0.4) is 0 Å². The fourth-order valence-electron chi connectivity index (χ4n) is 4.08. The molecule has 0 spiro atoms. The van der Waals surface area contributed by atoms with Crippen molar-refractivity contribution < 1.29 is 0 Å². The second kappa shape index (κ2) is 7.57. The molecule has 1 saturated carbocycles. The fraction of sp³-hybridized carbons (Fsp3) is 0.400. The third-order valence-corrected chi connectivity index (χ3v) is 6.43. The van der Waals surface area contributed by atoms with Gasteiger partial charge in [-0.3, -0.25) is 14.5 Å². The van der Waals surface area contributed by atoms with Gasteiger partial charge < -0.3 is 0 Å². The van der Waals surface area contributed by atoms with Crippen molar-refractivity contribution in [3.05, 3.63) is 40.2 Å². The molecular weight excluding hydrogens is 400 g/mol. The van der Waals surface area contributed by atoms with Gasteiger partial charge in [-0.2, -0.15) is 19.9 Å². The summed E-state index contributed by atoms with van der Waals surface area (Å²) in [7, 11) is 0. The molecule has 0 saturated heterocycles. The van der Waals surface area contributed by atoms with Crippen LogP contribution in [0.2, 0.25) is 0 Å². The number of hydrogen-bond donors (Lipinski definition) is 1. The number of thioether (sulfide) groups is 1. The zero-order chi connectivity index (χ0) is 20.7. The van der Waals surface area contributed by atoms with E-state index in [9.17, 15) is 10.1 Å². The average molecular weight is 421 g/mol. The van der Waals surface area contributed by atoms with Crippen LogP contribution in [0.1, 0.15) is 56.3 Å². The second-order valence-corrected chi connectivity index (χ2v) is 8.61. The Kier molecular flexibility index (Phi) is 4.75. The van der Waals surface area contributed by atoms with Crippen LogP contribution in [0.25, 0.3) is 22.5 Å². The third kappa shape index (κ3) is 2.97. The van der Waals surface area contributed by atoms with Gasteiger partial charge in [0.2, 0.25) is 0 Å². The van der Waals surface area contributed by atoms with E-state index in [4.69, 9.17) is 0 Å². The number of rotatable bonds is 4. The summed E-state index contributed by atoms with van der Waals surface area (Å²) in [5.41, 5.74) is 0.722. The number of nitrogens with zero attached hydrogens (tertiary/aromatic N) is 7. The van der Waals surface area contributed by atoms with E-state index in [1.807, 2.05) is 6.92 Å². The summed E-state index contributed by atoms with van der Waals surface area (Å²) < 4.78 is 3.06. The lowest BCUT2D eigenvalue weighted by Gasteiger charge is -2.17. The fourth-order valence-corrected chi connectivity index (χ4v) is 4.75. The average Bonchev–Trinajstić information content (AvgIpc) is 3.39.